The van der Waals surface area contributed by atoms with Crippen LogP contribution in [0.2, 0.25) is 5.02 Å². The zero-order chi connectivity index (χ0) is 15.4. The lowest BCUT2D eigenvalue weighted by atomic mass is 10.2. The van der Waals surface area contributed by atoms with Crippen LogP contribution in [0.4, 0.5) is 10.5 Å². The number of hydrogen-bond acceptors (Lipinski definition) is 3. The lowest BCUT2D eigenvalue weighted by molar-refractivity contribution is 0.0697. The highest BCUT2D eigenvalue weighted by molar-refractivity contribution is 7.11. The molecule has 1 aromatic carbocycles. The minimum absolute atomic E-state index is 0.0201. The number of nitrogens with one attached hydrogen (secondary N) is 2. The van der Waals surface area contributed by atoms with E-state index in [9.17, 15) is 9.59 Å². The third-order valence-corrected chi connectivity index (χ3v) is 3.84. The van der Waals surface area contributed by atoms with Crippen molar-refractivity contribution in [2.75, 3.05) is 5.32 Å². The molecule has 0 unspecified atom stereocenters. The van der Waals surface area contributed by atoms with Crippen molar-refractivity contribution in [3.8, 4) is 0 Å². The molecule has 110 valence electrons. The number of aryl methyl sites for hydroxylation is 1. The molecule has 0 saturated carbocycles. The second-order valence-corrected chi connectivity index (χ2v) is 6.16. The van der Waals surface area contributed by atoms with E-state index >= 15 is 0 Å². The maximum atomic E-state index is 11.8. The van der Waals surface area contributed by atoms with Crippen molar-refractivity contribution < 1.29 is 14.7 Å². The molecule has 0 saturated heterocycles. The van der Waals surface area contributed by atoms with Crippen LogP contribution in [0.5, 0.6) is 0 Å². The van der Waals surface area contributed by atoms with Gasteiger partial charge in [0.05, 0.1) is 12.1 Å². The van der Waals surface area contributed by atoms with E-state index in [2.05, 4.69) is 10.6 Å². The lowest BCUT2D eigenvalue weighted by Crippen LogP contribution is -2.27. The molecule has 3 N–H and O–H groups in total. The van der Waals surface area contributed by atoms with E-state index in [1.807, 2.05) is 19.1 Å². The van der Waals surface area contributed by atoms with Gasteiger partial charge in [0.1, 0.15) is 0 Å². The first-order valence-corrected chi connectivity index (χ1v) is 7.27. The number of aromatic carboxylic acids is 1. The molecule has 0 aliphatic carbocycles. The smallest absolute Gasteiger partial charge is 0.335 e. The Balaban J connectivity index is 1.97. The van der Waals surface area contributed by atoms with Gasteiger partial charge in [-0.25, -0.2) is 9.59 Å². The number of thiophene rings is 1. The van der Waals surface area contributed by atoms with Crippen LogP contribution in [-0.2, 0) is 6.54 Å². The average molecular weight is 325 g/mol. The van der Waals surface area contributed by atoms with E-state index < -0.39 is 12.0 Å². The second-order valence-electron chi connectivity index (χ2n) is 4.35. The van der Waals surface area contributed by atoms with E-state index in [1.165, 1.54) is 23.1 Å². The first-order chi connectivity index (χ1) is 9.94. The summed E-state index contributed by atoms with van der Waals surface area (Å²) in [5.41, 5.74) is 0.353. The van der Waals surface area contributed by atoms with Gasteiger partial charge in [0.25, 0.3) is 0 Å². The maximum absolute atomic E-state index is 11.8. The minimum Gasteiger partial charge on any atom is -0.478 e. The number of rotatable bonds is 4. The summed E-state index contributed by atoms with van der Waals surface area (Å²) in [4.78, 5) is 24.9. The Kier molecular flexibility index (Phi) is 4.82. The van der Waals surface area contributed by atoms with Crippen LogP contribution < -0.4 is 10.6 Å². The molecule has 0 spiro atoms. The fraction of sp³-hybridized carbons (Fsp3) is 0.143. The standard InChI is InChI=1S/C14H13ClN2O3S/c1-8-2-3-12(21-8)7-16-14(20)17-11-5-9(13(18)19)4-10(15)6-11/h2-6H,7H2,1H3,(H,18,19)(H2,16,17,20). The number of amides is 2. The number of carbonyl (C=O) groups excluding carboxylic acids is 1. The van der Waals surface area contributed by atoms with Crippen LogP contribution in [0.15, 0.2) is 30.3 Å². The first kappa shape index (κ1) is 15.3. The highest BCUT2D eigenvalue weighted by Crippen LogP contribution is 2.19. The summed E-state index contributed by atoms with van der Waals surface area (Å²) >= 11 is 7.42. The monoisotopic (exact) mass is 324 g/mol. The molecule has 0 aliphatic heterocycles. The third kappa shape index (κ3) is 4.47. The number of halogens is 1. The average Bonchev–Trinajstić information content (AvgIpc) is 2.81. The van der Waals surface area contributed by atoms with Gasteiger partial charge in [-0.1, -0.05) is 11.6 Å². The summed E-state index contributed by atoms with van der Waals surface area (Å²) in [7, 11) is 0. The van der Waals surface area contributed by atoms with Crippen molar-refractivity contribution in [3.63, 3.8) is 0 Å². The van der Waals surface area contributed by atoms with Crippen molar-refractivity contribution in [3.05, 3.63) is 50.7 Å². The minimum atomic E-state index is -1.10. The molecule has 0 radical (unpaired) electrons. The highest BCUT2D eigenvalue weighted by Gasteiger charge is 2.08. The Labute approximate surface area is 130 Å². The van der Waals surface area contributed by atoms with Crippen LogP contribution in [0, 0.1) is 6.92 Å². The molecule has 2 rings (SSSR count). The fourth-order valence-corrected chi connectivity index (χ4v) is 2.77. The molecule has 0 aliphatic rings. The van der Waals surface area contributed by atoms with E-state index in [0.29, 0.717) is 12.2 Å². The van der Waals surface area contributed by atoms with Gasteiger partial charge in [-0.3, -0.25) is 0 Å². The Morgan fingerprint density at radius 3 is 2.67 bits per heavy atom. The fourth-order valence-electron chi connectivity index (χ4n) is 1.71. The number of anilines is 1. The predicted molar refractivity (Wildman–Crippen MR) is 83.3 cm³/mol. The Bertz CT molecular complexity index is 685. The molecular weight excluding hydrogens is 312 g/mol. The molecule has 0 atom stereocenters. The van der Waals surface area contributed by atoms with Crippen molar-refractivity contribution in [2.45, 2.75) is 13.5 Å². The van der Waals surface area contributed by atoms with Gasteiger partial charge in [-0.05, 0) is 37.3 Å². The Morgan fingerprint density at radius 2 is 2.05 bits per heavy atom. The molecule has 0 fully saturated rings. The molecule has 1 heterocycles. The molecule has 2 aromatic rings. The Hall–Kier alpha value is -2.05. The van der Waals surface area contributed by atoms with Gasteiger partial charge in [-0.2, -0.15) is 0 Å². The lowest BCUT2D eigenvalue weighted by Gasteiger charge is -2.08. The summed E-state index contributed by atoms with van der Waals surface area (Å²) in [6, 6.07) is 7.67. The van der Waals surface area contributed by atoms with Crippen LogP contribution in [0.25, 0.3) is 0 Å². The van der Waals surface area contributed by atoms with Crippen LogP contribution >= 0.6 is 22.9 Å². The number of hydrogen-bond donors (Lipinski definition) is 3. The van der Waals surface area contributed by atoms with Crippen molar-refractivity contribution >= 4 is 40.6 Å². The number of carboxylic acids is 1. The Morgan fingerprint density at radius 1 is 1.29 bits per heavy atom. The predicted octanol–water partition coefficient (Wildman–Crippen LogP) is 3.73. The first-order valence-electron chi connectivity index (χ1n) is 6.08. The SMILES string of the molecule is Cc1ccc(CNC(=O)Nc2cc(Cl)cc(C(=O)O)c2)s1. The van der Waals surface area contributed by atoms with E-state index in [4.69, 9.17) is 16.7 Å². The molecular formula is C14H13ClN2O3S. The van der Waals surface area contributed by atoms with Crippen molar-refractivity contribution in [1.82, 2.24) is 5.32 Å². The largest absolute Gasteiger partial charge is 0.478 e. The van der Waals surface area contributed by atoms with Crippen molar-refractivity contribution in [1.29, 1.82) is 0 Å². The summed E-state index contributed by atoms with van der Waals surface area (Å²) in [5.74, 6) is -1.10. The summed E-state index contributed by atoms with van der Waals surface area (Å²) in [6.07, 6.45) is 0. The molecule has 5 nitrogen and oxygen atoms in total. The summed E-state index contributed by atoms with van der Waals surface area (Å²) in [5, 5.41) is 14.4. The third-order valence-electron chi connectivity index (χ3n) is 2.62. The molecule has 21 heavy (non-hydrogen) atoms. The molecule has 1 aromatic heterocycles. The summed E-state index contributed by atoms with van der Waals surface area (Å²) < 4.78 is 0. The maximum Gasteiger partial charge on any atom is 0.335 e. The van der Waals surface area contributed by atoms with E-state index in [-0.39, 0.29) is 10.6 Å². The second kappa shape index (κ2) is 6.60. The van der Waals surface area contributed by atoms with Gasteiger partial charge in [0, 0.05) is 20.5 Å². The van der Waals surface area contributed by atoms with Crippen LogP contribution in [0.1, 0.15) is 20.1 Å². The number of benzene rings is 1. The molecule has 0 bridgehead atoms. The number of urea groups is 1. The van der Waals surface area contributed by atoms with Crippen LogP contribution in [0.3, 0.4) is 0 Å². The zero-order valence-corrected chi connectivity index (χ0v) is 12.7. The zero-order valence-electron chi connectivity index (χ0n) is 11.1. The van der Waals surface area contributed by atoms with Gasteiger partial charge >= 0.3 is 12.0 Å². The quantitative estimate of drug-likeness (QED) is 0.801. The van der Waals surface area contributed by atoms with E-state index in [1.54, 1.807) is 11.3 Å². The van der Waals surface area contributed by atoms with E-state index in [0.717, 1.165) is 4.88 Å². The summed E-state index contributed by atoms with van der Waals surface area (Å²) in [6.45, 7) is 2.41. The number of carbonyl (C=O) groups is 2. The molecule has 2 amide bonds. The number of carboxylic acid groups (broad SMARTS) is 1. The van der Waals surface area contributed by atoms with Gasteiger partial charge in [0.15, 0.2) is 0 Å². The normalized spacial score (nSPS) is 10.2. The molecule has 7 heteroatoms. The van der Waals surface area contributed by atoms with Crippen molar-refractivity contribution in [2.24, 2.45) is 0 Å². The topological polar surface area (TPSA) is 78.4 Å². The van der Waals surface area contributed by atoms with Crippen LogP contribution in [-0.4, -0.2) is 17.1 Å². The van der Waals surface area contributed by atoms with Gasteiger partial charge < -0.3 is 15.7 Å². The highest BCUT2D eigenvalue weighted by atomic mass is 35.5. The van der Waals surface area contributed by atoms with Gasteiger partial charge in [0.2, 0.25) is 0 Å². The van der Waals surface area contributed by atoms with Gasteiger partial charge in [-0.15, -0.1) is 11.3 Å².